The van der Waals surface area contributed by atoms with E-state index in [4.69, 9.17) is 8.83 Å². The predicted molar refractivity (Wildman–Crippen MR) is 364 cm³/mol. The summed E-state index contributed by atoms with van der Waals surface area (Å²) in [4.78, 5) is 0. The molecule has 0 saturated heterocycles. The number of benzene rings is 16. The summed E-state index contributed by atoms with van der Waals surface area (Å²) in [6.07, 6.45) is 0. The summed E-state index contributed by atoms with van der Waals surface area (Å²) >= 11 is 0. The van der Waals surface area contributed by atoms with Crippen LogP contribution in [0.5, 0.6) is 0 Å². The Balaban J connectivity index is 0.791. The van der Waals surface area contributed by atoms with E-state index >= 15 is 0 Å². The molecule has 18 rings (SSSR count). The molecule has 398 valence electrons. The molecule has 16 aromatic carbocycles. The van der Waals surface area contributed by atoms with Crippen LogP contribution in [0.1, 0.15) is 0 Å². The first kappa shape index (κ1) is 48.2. The molecule has 0 N–H and O–H groups in total. The molecule has 2 heteroatoms. The SMILES string of the molecule is c1cc(-c2c3ccccc3c(-c3cccc4cc(-c5ccc6c(-c7ccc8ccccc8c7)c7ccccc7c(-c7ccc(-c8cccc9c8oc8ccccc89)cc7)c6c5)ccc34)c3ccccc23)cc(-c2cccc3c2oc2ccccc23)c1. The lowest BCUT2D eigenvalue weighted by atomic mass is 9.83. The van der Waals surface area contributed by atoms with Crippen LogP contribution < -0.4 is 0 Å². The van der Waals surface area contributed by atoms with Crippen molar-refractivity contribution in [2.45, 2.75) is 0 Å². The highest BCUT2D eigenvalue weighted by Gasteiger charge is 2.22. The minimum Gasteiger partial charge on any atom is -0.455 e. The van der Waals surface area contributed by atoms with Gasteiger partial charge in [0.2, 0.25) is 0 Å². The molecule has 2 aromatic heterocycles. The van der Waals surface area contributed by atoms with Crippen LogP contribution in [0.15, 0.2) is 312 Å². The third-order valence-electron chi connectivity index (χ3n) is 18.2. The molecule has 0 aliphatic rings. The van der Waals surface area contributed by atoms with Gasteiger partial charge in [0.25, 0.3) is 0 Å². The van der Waals surface area contributed by atoms with E-state index < -0.39 is 0 Å². The Kier molecular flexibility index (Phi) is 10.7. The average molecular weight is 1090 g/mol. The molecule has 0 aliphatic heterocycles. The first-order valence-corrected chi connectivity index (χ1v) is 29.6. The van der Waals surface area contributed by atoms with Gasteiger partial charge in [-0.3, -0.25) is 0 Å². The molecule has 0 radical (unpaired) electrons. The number of rotatable bonds is 7. The van der Waals surface area contributed by atoms with Crippen molar-refractivity contribution < 1.29 is 8.83 Å². The zero-order valence-corrected chi connectivity index (χ0v) is 46.7. The molecule has 18 aromatic rings. The van der Waals surface area contributed by atoms with Gasteiger partial charge in [0.15, 0.2) is 0 Å². The van der Waals surface area contributed by atoms with Crippen molar-refractivity contribution >= 4 is 109 Å². The van der Waals surface area contributed by atoms with Crippen molar-refractivity contribution in [2.24, 2.45) is 0 Å². The maximum absolute atomic E-state index is 6.57. The van der Waals surface area contributed by atoms with Gasteiger partial charge in [0.05, 0.1) is 0 Å². The van der Waals surface area contributed by atoms with Crippen molar-refractivity contribution in [2.75, 3.05) is 0 Å². The zero-order valence-electron chi connectivity index (χ0n) is 46.7. The lowest BCUT2D eigenvalue weighted by Crippen LogP contribution is -1.93. The molecule has 0 atom stereocenters. The van der Waals surface area contributed by atoms with Gasteiger partial charge in [0, 0.05) is 32.7 Å². The van der Waals surface area contributed by atoms with Crippen LogP contribution in [-0.2, 0) is 0 Å². The minimum absolute atomic E-state index is 0.902. The molecule has 2 heterocycles. The van der Waals surface area contributed by atoms with E-state index in [1.165, 1.54) is 109 Å². The summed E-state index contributed by atoms with van der Waals surface area (Å²) in [6, 6.07) is 111. The van der Waals surface area contributed by atoms with Crippen molar-refractivity contribution in [3.8, 4) is 77.9 Å². The van der Waals surface area contributed by atoms with E-state index in [-0.39, 0.29) is 0 Å². The topological polar surface area (TPSA) is 26.3 Å². The maximum Gasteiger partial charge on any atom is 0.143 e. The van der Waals surface area contributed by atoms with E-state index in [0.717, 1.165) is 77.3 Å². The van der Waals surface area contributed by atoms with Crippen LogP contribution in [0, 0.1) is 0 Å². The first-order valence-electron chi connectivity index (χ1n) is 29.6. The fourth-order valence-corrected chi connectivity index (χ4v) is 14.3. The van der Waals surface area contributed by atoms with E-state index in [1.807, 2.05) is 12.1 Å². The number of para-hydroxylation sites is 4. The largest absolute Gasteiger partial charge is 0.455 e. The fourth-order valence-electron chi connectivity index (χ4n) is 14.3. The van der Waals surface area contributed by atoms with Crippen LogP contribution in [0.25, 0.3) is 186 Å². The number of furan rings is 2. The number of fused-ring (bicyclic) bond motifs is 12. The highest BCUT2D eigenvalue weighted by atomic mass is 16.3. The Morgan fingerprint density at radius 3 is 1.17 bits per heavy atom. The second-order valence-electron chi connectivity index (χ2n) is 22.9. The molecule has 0 spiro atoms. The molecule has 0 aliphatic carbocycles. The van der Waals surface area contributed by atoms with Crippen molar-refractivity contribution in [1.29, 1.82) is 0 Å². The van der Waals surface area contributed by atoms with E-state index in [9.17, 15) is 0 Å². The van der Waals surface area contributed by atoms with Gasteiger partial charge >= 0.3 is 0 Å². The molecule has 0 fully saturated rings. The van der Waals surface area contributed by atoms with E-state index in [0.29, 0.717) is 0 Å². The average Bonchev–Trinajstić information content (AvgIpc) is 2.63. The molecule has 0 bridgehead atoms. The first-order chi connectivity index (χ1) is 42.6. The van der Waals surface area contributed by atoms with Gasteiger partial charge in [-0.25, -0.2) is 0 Å². The summed E-state index contributed by atoms with van der Waals surface area (Å²) < 4.78 is 13.1. The van der Waals surface area contributed by atoms with Crippen LogP contribution >= 0.6 is 0 Å². The van der Waals surface area contributed by atoms with Gasteiger partial charge in [-0.15, -0.1) is 0 Å². The van der Waals surface area contributed by atoms with Crippen LogP contribution in [0.3, 0.4) is 0 Å². The normalized spacial score (nSPS) is 12.0. The smallest absolute Gasteiger partial charge is 0.143 e. The van der Waals surface area contributed by atoms with Gasteiger partial charge in [-0.05, 0) is 168 Å². The second-order valence-corrected chi connectivity index (χ2v) is 22.9. The fraction of sp³-hybridized carbons (Fsp3) is 0. The summed E-state index contributed by atoms with van der Waals surface area (Å²) in [6.45, 7) is 0. The van der Waals surface area contributed by atoms with E-state index in [1.54, 1.807) is 0 Å². The Hall–Kier alpha value is -11.3. The van der Waals surface area contributed by atoms with E-state index in [2.05, 4.69) is 291 Å². The lowest BCUT2D eigenvalue weighted by molar-refractivity contribution is 0.669. The Morgan fingerprint density at radius 2 is 0.547 bits per heavy atom. The summed E-state index contributed by atoms with van der Waals surface area (Å²) in [5, 5.41) is 19.1. The summed E-state index contributed by atoms with van der Waals surface area (Å²) in [5.74, 6) is 0. The Morgan fingerprint density at radius 1 is 0.163 bits per heavy atom. The molecule has 0 amide bonds. The molecule has 2 nitrogen and oxygen atoms in total. The molecule has 0 saturated carbocycles. The third kappa shape index (κ3) is 7.46. The van der Waals surface area contributed by atoms with Crippen molar-refractivity contribution in [1.82, 2.24) is 0 Å². The molecule has 0 unspecified atom stereocenters. The molecule has 86 heavy (non-hydrogen) atoms. The Bertz CT molecular complexity index is 5780. The van der Waals surface area contributed by atoms with Crippen LogP contribution in [0.2, 0.25) is 0 Å². The van der Waals surface area contributed by atoms with Gasteiger partial charge in [0.1, 0.15) is 22.3 Å². The monoisotopic (exact) mass is 1090 g/mol. The van der Waals surface area contributed by atoms with Crippen molar-refractivity contribution in [3.05, 3.63) is 303 Å². The van der Waals surface area contributed by atoms with Crippen LogP contribution in [-0.4, -0.2) is 0 Å². The standard InChI is InChI=1S/C84H50O2/c1-2-18-54-48-60(42-37-51(54)17-1)81-68-25-4-3-24-67(68)79(53-40-38-52(39-41-53)62-30-15-33-74-64-22-9-11-35-77(64)85-83(62)74)76-50-56(44-46-73(76)81)55-43-45-61-57(47-55)20-14-32-66(61)82-71-28-7-5-26-69(71)80(70-27-6-8-29-72(70)82)59-21-13-19-58(49-59)63-31-16-34-75-65-23-10-12-36-78(65)86-84(63)75/h1-50H. The number of hydrogen-bond donors (Lipinski definition) is 0. The second kappa shape index (κ2) is 19.1. The summed E-state index contributed by atoms with van der Waals surface area (Å²) in [7, 11) is 0. The highest BCUT2D eigenvalue weighted by molar-refractivity contribution is 6.25. The maximum atomic E-state index is 6.57. The van der Waals surface area contributed by atoms with Gasteiger partial charge in [-0.1, -0.05) is 267 Å². The minimum atomic E-state index is 0.902. The summed E-state index contributed by atoms with van der Waals surface area (Å²) in [5.41, 5.74) is 20.1. The predicted octanol–water partition coefficient (Wildman–Crippen LogP) is 24.1. The van der Waals surface area contributed by atoms with Gasteiger partial charge in [-0.2, -0.15) is 0 Å². The Labute approximate surface area is 495 Å². The number of hydrogen-bond acceptors (Lipinski definition) is 2. The quantitative estimate of drug-likeness (QED) is 0.149. The lowest BCUT2D eigenvalue weighted by Gasteiger charge is -2.20. The van der Waals surface area contributed by atoms with Gasteiger partial charge < -0.3 is 8.83 Å². The third-order valence-corrected chi connectivity index (χ3v) is 18.2. The zero-order chi connectivity index (χ0) is 56.4. The van der Waals surface area contributed by atoms with Crippen LogP contribution in [0.4, 0.5) is 0 Å². The van der Waals surface area contributed by atoms with Crippen molar-refractivity contribution in [3.63, 3.8) is 0 Å². The molecular formula is C84H50O2. The molecular weight excluding hydrogens is 1040 g/mol. The highest BCUT2D eigenvalue weighted by Crippen LogP contribution is 2.49.